The molecule has 2 heterocycles. The maximum atomic E-state index is 12.2. The molecule has 1 fully saturated rings. The second kappa shape index (κ2) is 4.79. The number of nitrogen functional groups attached to an aromatic ring is 1. The summed E-state index contributed by atoms with van der Waals surface area (Å²) in [5, 5.41) is 11.5. The third-order valence-electron chi connectivity index (χ3n) is 3.08. The van der Waals surface area contributed by atoms with Gasteiger partial charge >= 0.3 is 0 Å². The third kappa shape index (κ3) is 2.69. The van der Waals surface area contributed by atoms with Crippen molar-refractivity contribution in [1.82, 2.24) is 19.4 Å². The van der Waals surface area contributed by atoms with Crippen molar-refractivity contribution in [3.05, 3.63) is 11.4 Å². The molecule has 2 rings (SSSR count). The van der Waals surface area contributed by atoms with Crippen LogP contribution >= 0.6 is 0 Å². The molecule has 1 saturated heterocycles. The number of nitrogens with one attached hydrogen (secondary N) is 1. The van der Waals surface area contributed by atoms with E-state index < -0.39 is 10.2 Å². The number of aromatic nitrogens is 2. The Morgan fingerprint density at radius 3 is 2.32 bits per heavy atom. The molecule has 1 aliphatic heterocycles. The van der Waals surface area contributed by atoms with Crippen molar-refractivity contribution in [1.29, 1.82) is 0 Å². The maximum Gasteiger partial charge on any atom is 0.277 e. The van der Waals surface area contributed by atoms with E-state index in [0.717, 1.165) is 4.31 Å². The van der Waals surface area contributed by atoms with Gasteiger partial charge in [0.15, 0.2) is 5.69 Å². The molecule has 9 nitrogen and oxygen atoms in total. The molecular weight excluding hydrogens is 272 g/mol. The Morgan fingerprint density at radius 2 is 1.89 bits per heavy atom. The third-order valence-corrected chi connectivity index (χ3v) is 4.17. The zero-order chi connectivity index (χ0) is 14.2. The number of aryl methyl sites for hydroxylation is 1. The lowest BCUT2D eigenvalue weighted by Crippen LogP contribution is -2.52. The number of hydrogen-bond acceptors (Lipinski definition) is 5. The van der Waals surface area contributed by atoms with Crippen molar-refractivity contribution < 1.29 is 13.2 Å². The van der Waals surface area contributed by atoms with E-state index in [1.54, 1.807) is 6.92 Å². The first kappa shape index (κ1) is 13.8. The van der Waals surface area contributed by atoms with Gasteiger partial charge in [-0.05, 0) is 6.92 Å². The average molecular weight is 288 g/mol. The standard InChI is InChI=1S/C9H16N6O3S/c1-6-7(10)8(13-12-6)9(16)14-2-4-15(5-3-14)19(11,17)18/h2-5,10H2,1H3,(H,12,13)(H2,11,17,18). The lowest BCUT2D eigenvalue weighted by Gasteiger charge is -2.32. The number of H-pyrrole nitrogens is 1. The number of piperazine rings is 1. The van der Waals surface area contributed by atoms with Gasteiger partial charge in [-0.1, -0.05) is 0 Å². The molecule has 0 spiro atoms. The van der Waals surface area contributed by atoms with E-state index in [1.807, 2.05) is 0 Å². The fraction of sp³-hybridized carbons (Fsp3) is 0.556. The first-order valence-corrected chi connectivity index (χ1v) is 7.18. The summed E-state index contributed by atoms with van der Waals surface area (Å²) in [5.74, 6) is -0.309. The van der Waals surface area contributed by atoms with Crippen molar-refractivity contribution in [3.8, 4) is 0 Å². The molecule has 1 aliphatic rings. The van der Waals surface area contributed by atoms with Crippen LogP contribution in [-0.4, -0.2) is 59.9 Å². The molecular formula is C9H16N6O3S. The molecule has 0 radical (unpaired) electrons. The van der Waals surface area contributed by atoms with E-state index in [1.165, 1.54) is 4.90 Å². The fourth-order valence-corrected chi connectivity index (χ4v) is 2.57. The van der Waals surface area contributed by atoms with Crippen molar-refractivity contribution in [3.63, 3.8) is 0 Å². The average Bonchev–Trinajstić information content (AvgIpc) is 2.68. The van der Waals surface area contributed by atoms with E-state index in [2.05, 4.69) is 10.2 Å². The van der Waals surface area contributed by atoms with Gasteiger partial charge in [0.25, 0.3) is 16.1 Å². The highest BCUT2D eigenvalue weighted by Gasteiger charge is 2.29. The molecule has 0 aliphatic carbocycles. The van der Waals surface area contributed by atoms with Crippen LogP contribution in [0, 0.1) is 6.92 Å². The number of rotatable bonds is 2. The zero-order valence-corrected chi connectivity index (χ0v) is 11.3. The van der Waals surface area contributed by atoms with Crippen LogP contribution < -0.4 is 10.9 Å². The smallest absolute Gasteiger partial charge is 0.277 e. The molecule has 0 atom stereocenters. The van der Waals surface area contributed by atoms with Crippen LogP contribution in [0.15, 0.2) is 0 Å². The highest BCUT2D eigenvalue weighted by Crippen LogP contribution is 2.16. The fourth-order valence-electron chi connectivity index (χ4n) is 1.90. The number of carbonyl (C=O) groups excluding carboxylic acids is 1. The molecule has 10 heteroatoms. The van der Waals surface area contributed by atoms with Crippen LogP contribution in [-0.2, 0) is 10.2 Å². The van der Waals surface area contributed by atoms with Crippen LogP contribution in [0.5, 0.6) is 0 Å². The summed E-state index contributed by atoms with van der Waals surface area (Å²) in [4.78, 5) is 13.7. The Morgan fingerprint density at radius 1 is 1.32 bits per heavy atom. The SMILES string of the molecule is Cc1[nH]nc(C(=O)N2CCN(S(N)(=O)=O)CC2)c1N. The summed E-state index contributed by atoms with van der Waals surface area (Å²) < 4.78 is 23.4. The Balaban J connectivity index is 2.06. The number of aromatic amines is 1. The van der Waals surface area contributed by atoms with Gasteiger partial charge in [0.2, 0.25) is 0 Å². The lowest BCUT2D eigenvalue weighted by atomic mass is 10.2. The van der Waals surface area contributed by atoms with Crippen molar-refractivity contribution in [2.45, 2.75) is 6.92 Å². The van der Waals surface area contributed by atoms with Crippen LogP contribution in [0.3, 0.4) is 0 Å². The Labute approximate surface area is 110 Å². The summed E-state index contributed by atoms with van der Waals surface area (Å²) in [6.07, 6.45) is 0. The molecule has 0 unspecified atom stereocenters. The summed E-state index contributed by atoms with van der Waals surface area (Å²) in [6, 6.07) is 0. The molecule has 5 N–H and O–H groups in total. The summed E-state index contributed by atoms with van der Waals surface area (Å²) in [6.45, 7) is 2.60. The largest absolute Gasteiger partial charge is 0.395 e. The molecule has 1 aromatic rings. The van der Waals surface area contributed by atoms with Crippen LogP contribution in [0.2, 0.25) is 0 Å². The van der Waals surface area contributed by atoms with Gasteiger partial charge in [0.05, 0.1) is 11.4 Å². The number of amides is 1. The van der Waals surface area contributed by atoms with Gasteiger partial charge in [-0.15, -0.1) is 0 Å². The van der Waals surface area contributed by atoms with E-state index in [9.17, 15) is 13.2 Å². The molecule has 0 bridgehead atoms. The predicted molar refractivity (Wildman–Crippen MR) is 68.3 cm³/mol. The number of carbonyl (C=O) groups is 1. The van der Waals surface area contributed by atoms with Gasteiger partial charge in [-0.3, -0.25) is 9.89 Å². The van der Waals surface area contributed by atoms with Crippen molar-refractivity contribution in [2.24, 2.45) is 5.14 Å². The Bertz CT molecular complexity index is 587. The summed E-state index contributed by atoms with van der Waals surface area (Å²) >= 11 is 0. The number of hydrogen-bond donors (Lipinski definition) is 3. The molecule has 0 saturated carbocycles. The highest BCUT2D eigenvalue weighted by molar-refractivity contribution is 7.86. The van der Waals surface area contributed by atoms with Crippen LogP contribution in [0.25, 0.3) is 0 Å². The van der Waals surface area contributed by atoms with Crippen LogP contribution in [0.4, 0.5) is 5.69 Å². The molecule has 1 amide bonds. The van der Waals surface area contributed by atoms with Gasteiger partial charge in [0.1, 0.15) is 0 Å². The first-order valence-electron chi connectivity index (χ1n) is 5.68. The lowest BCUT2D eigenvalue weighted by molar-refractivity contribution is 0.0693. The van der Waals surface area contributed by atoms with E-state index in [0.29, 0.717) is 11.4 Å². The van der Waals surface area contributed by atoms with Gasteiger partial charge < -0.3 is 10.6 Å². The molecule has 1 aromatic heterocycles. The number of anilines is 1. The highest BCUT2D eigenvalue weighted by atomic mass is 32.2. The summed E-state index contributed by atoms with van der Waals surface area (Å²) in [5.41, 5.74) is 6.86. The summed E-state index contributed by atoms with van der Waals surface area (Å²) in [7, 11) is -3.69. The van der Waals surface area contributed by atoms with E-state index in [4.69, 9.17) is 10.9 Å². The molecule has 0 aromatic carbocycles. The topological polar surface area (TPSA) is 138 Å². The van der Waals surface area contributed by atoms with Gasteiger partial charge in [0, 0.05) is 26.2 Å². The minimum absolute atomic E-state index is 0.168. The first-order chi connectivity index (χ1) is 8.80. The predicted octanol–water partition coefficient (Wildman–Crippen LogP) is -1.74. The number of nitrogens with two attached hydrogens (primary N) is 2. The second-order valence-electron chi connectivity index (χ2n) is 4.35. The maximum absolute atomic E-state index is 12.2. The number of nitrogens with zero attached hydrogens (tertiary/aromatic N) is 3. The normalized spacial score (nSPS) is 17.7. The molecule has 106 valence electrons. The quantitative estimate of drug-likeness (QED) is 0.593. The van der Waals surface area contributed by atoms with Crippen molar-refractivity contribution >= 4 is 21.8 Å². The van der Waals surface area contributed by atoms with Gasteiger partial charge in [-0.25, -0.2) is 5.14 Å². The minimum atomic E-state index is -3.69. The van der Waals surface area contributed by atoms with Crippen LogP contribution in [0.1, 0.15) is 16.2 Å². The second-order valence-corrected chi connectivity index (χ2v) is 5.89. The Kier molecular flexibility index (Phi) is 3.47. The molecule has 19 heavy (non-hydrogen) atoms. The Hall–Kier alpha value is -1.65. The minimum Gasteiger partial charge on any atom is -0.395 e. The van der Waals surface area contributed by atoms with Gasteiger partial charge in [-0.2, -0.15) is 17.8 Å². The van der Waals surface area contributed by atoms with E-state index >= 15 is 0 Å². The monoisotopic (exact) mass is 288 g/mol. The van der Waals surface area contributed by atoms with Crippen molar-refractivity contribution in [2.75, 3.05) is 31.9 Å². The van der Waals surface area contributed by atoms with E-state index in [-0.39, 0.29) is 37.8 Å². The zero-order valence-electron chi connectivity index (χ0n) is 10.5.